The summed E-state index contributed by atoms with van der Waals surface area (Å²) in [6.45, 7) is 2.06. The Kier molecular flexibility index (Phi) is 2.99. The minimum absolute atomic E-state index is 0.457. The summed E-state index contributed by atoms with van der Waals surface area (Å²) in [5.74, 6) is 1.69. The Morgan fingerprint density at radius 3 is 2.85 bits per heavy atom. The number of nitrogens with zero attached hydrogens (tertiary/aromatic N) is 3. The fourth-order valence-electron chi connectivity index (χ4n) is 2.76. The minimum Gasteiger partial charge on any atom is -0.419 e. The van der Waals surface area contributed by atoms with Crippen LogP contribution in [0.5, 0.6) is 0 Å². The fraction of sp³-hybridized carbons (Fsp3) is 0.538. The average molecular weight is 356 g/mol. The first-order chi connectivity index (χ1) is 9.62. The molecule has 20 heavy (non-hydrogen) atoms. The number of β-amino-alcohol motifs (C(OH)–C–C–N with tert-alkyl or cyclic N) is 1. The fourth-order valence-corrected chi connectivity index (χ4v) is 4.06. The smallest absolute Gasteiger partial charge is 0.257 e. The zero-order chi connectivity index (χ0) is 13.7. The summed E-state index contributed by atoms with van der Waals surface area (Å²) in [7, 11) is 0. The molecule has 3 heterocycles. The first-order valence-electron chi connectivity index (χ1n) is 6.65. The molecule has 1 aliphatic carbocycles. The zero-order valence-corrected chi connectivity index (χ0v) is 13.2. The summed E-state index contributed by atoms with van der Waals surface area (Å²) in [5, 5.41) is 18.4. The van der Waals surface area contributed by atoms with Crippen LogP contribution in [0.2, 0.25) is 0 Å². The lowest BCUT2D eigenvalue weighted by molar-refractivity contribution is -0.118. The Balaban J connectivity index is 1.40. The predicted octanol–water partition coefficient (Wildman–Crippen LogP) is 2.52. The second kappa shape index (κ2) is 4.62. The third-order valence-corrected chi connectivity index (χ3v) is 5.55. The second-order valence-corrected chi connectivity index (χ2v) is 8.09. The van der Waals surface area contributed by atoms with E-state index in [-0.39, 0.29) is 0 Å². The monoisotopic (exact) mass is 355 g/mol. The quantitative estimate of drug-likeness (QED) is 0.912. The largest absolute Gasteiger partial charge is 0.419 e. The molecule has 2 fully saturated rings. The van der Waals surface area contributed by atoms with E-state index in [4.69, 9.17) is 4.42 Å². The van der Waals surface area contributed by atoms with Gasteiger partial charge in [-0.1, -0.05) is 0 Å². The Labute approximate surface area is 128 Å². The minimum atomic E-state index is -0.457. The molecule has 5 nitrogen and oxygen atoms in total. The van der Waals surface area contributed by atoms with Gasteiger partial charge in [0.25, 0.3) is 5.89 Å². The van der Waals surface area contributed by atoms with Crippen LogP contribution in [0.25, 0.3) is 10.8 Å². The van der Waals surface area contributed by atoms with Crippen molar-refractivity contribution in [2.45, 2.75) is 25.0 Å². The molecule has 0 amide bonds. The van der Waals surface area contributed by atoms with Gasteiger partial charge in [-0.05, 0) is 46.8 Å². The van der Waals surface area contributed by atoms with Gasteiger partial charge in [-0.2, -0.15) is 0 Å². The van der Waals surface area contributed by atoms with E-state index < -0.39 is 5.60 Å². The van der Waals surface area contributed by atoms with Gasteiger partial charge in [-0.15, -0.1) is 21.5 Å². The molecule has 0 unspecified atom stereocenters. The Morgan fingerprint density at radius 2 is 2.20 bits per heavy atom. The van der Waals surface area contributed by atoms with Gasteiger partial charge in [-0.3, -0.25) is 4.90 Å². The number of likely N-dealkylation sites (tertiary alicyclic amines) is 1. The molecular weight excluding hydrogens is 342 g/mol. The molecule has 106 valence electrons. The molecule has 0 spiro atoms. The molecule has 2 aromatic rings. The molecule has 1 N–H and O–H groups in total. The number of thiophene rings is 1. The number of halogens is 1. The Morgan fingerprint density at radius 1 is 1.40 bits per heavy atom. The van der Waals surface area contributed by atoms with E-state index in [2.05, 4.69) is 31.0 Å². The number of hydrogen-bond donors (Lipinski definition) is 1. The Hall–Kier alpha value is -0.760. The van der Waals surface area contributed by atoms with Crippen molar-refractivity contribution < 1.29 is 9.52 Å². The van der Waals surface area contributed by atoms with Crippen molar-refractivity contribution >= 4 is 27.3 Å². The molecule has 7 heteroatoms. The van der Waals surface area contributed by atoms with E-state index in [0.29, 0.717) is 24.2 Å². The van der Waals surface area contributed by atoms with Crippen molar-refractivity contribution in [3.05, 3.63) is 21.8 Å². The molecule has 0 bridgehead atoms. The molecule has 2 aromatic heterocycles. The van der Waals surface area contributed by atoms with Gasteiger partial charge in [0.05, 0.1) is 20.8 Å². The molecule has 2 aliphatic rings. The van der Waals surface area contributed by atoms with E-state index in [9.17, 15) is 5.11 Å². The topological polar surface area (TPSA) is 62.4 Å². The molecule has 0 aromatic carbocycles. The zero-order valence-electron chi connectivity index (χ0n) is 10.8. The molecule has 0 radical (unpaired) electrons. The van der Waals surface area contributed by atoms with E-state index in [0.717, 1.165) is 21.8 Å². The predicted molar refractivity (Wildman–Crippen MR) is 78.3 cm³/mol. The normalized spacial score (nSPS) is 21.9. The summed E-state index contributed by atoms with van der Waals surface area (Å²) in [6.07, 6.45) is 2.34. The number of aliphatic hydroxyl groups is 1. The maximum atomic E-state index is 10.3. The highest BCUT2D eigenvalue weighted by molar-refractivity contribution is 9.11. The van der Waals surface area contributed by atoms with Crippen molar-refractivity contribution in [3.63, 3.8) is 0 Å². The first-order valence-corrected chi connectivity index (χ1v) is 8.26. The lowest BCUT2D eigenvalue weighted by atomic mass is 9.89. The molecule has 1 saturated carbocycles. The second-order valence-electron chi connectivity index (χ2n) is 5.63. The standard InChI is InChI=1S/C13H14BrN3O2S/c14-10-4-3-9(20-10)12-16-15-11(19-12)5-17-6-13(18,7-17)8-1-2-8/h3-4,8,18H,1-2,5-7H2. The van der Waals surface area contributed by atoms with E-state index in [1.165, 1.54) is 12.8 Å². The van der Waals surface area contributed by atoms with E-state index in [1.807, 2.05) is 12.1 Å². The van der Waals surface area contributed by atoms with Gasteiger partial charge >= 0.3 is 0 Å². The molecule has 4 rings (SSSR count). The van der Waals surface area contributed by atoms with E-state index >= 15 is 0 Å². The molecular formula is C13H14BrN3O2S. The maximum Gasteiger partial charge on any atom is 0.257 e. The van der Waals surface area contributed by atoms with Crippen LogP contribution in [0, 0.1) is 5.92 Å². The van der Waals surface area contributed by atoms with Gasteiger partial charge in [0, 0.05) is 13.1 Å². The van der Waals surface area contributed by atoms with E-state index in [1.54, 1.807) is 11.3 Å². The summed E-state index contributed by atoms with van der Waals surface area (Å²) in [4.78, 5) is 3.12. The van der Waals surface area contributed by atoms with Crippen molar-refractivity contribution in [2.24, 2.45) is 5.92 Å². The third-order valence-electron chi connectivity index (χ3n) is 3.94. The lowest BCUT2D eigenvalue weighted by Gasteiger charge is -2.46. The third kappa shape index (κ3) is 2.32. The van der Waals surface area contributed by atoms with Gasteiger partial charge in [0.15, 0.2) is 0 Å². The van der Waals surface area contributed by atoms with Crippen LogP contribution in [0.3, 0.4) is 0 Å². The summed E-state index contributed by atoms with van der Waals surface area (Å²) in [5.41, 5.74) is -0.457. The van der Waals surface area contributed by atoms with Crippen LogP contribution in [0.1, 0.15) is 18.7 Å². The van der Waals surface area contributed by atoms with Gasteiger partial charge in [-0.25, -0.2) is 0 Å². The Bertz CT molecular complexity index is 631. The lowest BCUT2D eigenvalue weighted by Crippen LogP contribution is -2.62. The number of aromatic nitrogens is 2. The summed E-state index contributed by atoms with van der Waals surface area (Å²) in [6, 6.07) is 3.93. The van der Waals surface area contributed by atoms with Crippen LogP contribution in [-0.2, 0) is 6.54 Å². The van der Waals surface area contributed by atoms with Gasteiger partial charge in [0.1, 0.15) is 0 Å². The summed E-state index contributed by atoms with van der Waals surface area (Å²) < 4.78 is 6.72. The van der Waals surface area contributed by atoms with Crippen molar-refractivity contribution in [2.75, 3.05) is 13.1 Å². The highest BCUT2D eigenvalue weighted by Gasteiger charge is 2.51. The highest BCUT2D eigenvalue weighted by atomic mass is 79.9. The maximum absolute atomic E-state index is 10.3. The molecule has 1 saturated heterocycles. The molecule has 0 atom stereocenters. The SMILES string of the molecule is OC1(C2CC2)CN(Cc2nnc(-c3ccc(Br)s3)o2)C1. The van der Waals surface area contributed by atoms with Gasteiger partial charge in [0.2, 0.25) is 5.89 Å². The van der Waals surface area contributed by atoms with Crippen LogP contribution < -0.4 is 0 Å². The number of hydrogen-bond acceptors (Lipinski definition) is 6. The highest BCUT2D eigenvalue weighted by Crippen LogP contribution is 2.44. The van der Waals surface area contributed by atoms with Crippen LogP contribution in [0.15, 0.2) is 20.3 Å². The van der Waals surface area contributed by atoms with Crippen LogP contribution in [-0.4, -0.2) is 38.9 Å². The van der Waals surface area contributed by atoms with Crippen molar-refractivity contribution in [1.29, 1.82) is 0 Å². The summed E-state index contributed by atoms with van der Waals surface area (Å²) >= 11 is 4.99. The number of rotatable bonds is 4. The van der Waals surface area contributed by atoms with Crippen molar-refractivity contribution in [1.82, 2.24) is 15.1 Å². The molecule has 1 aliphatic heterocycles. The first kappa shape index (κ1) is 12.9. The van der Waals surface area contributed by atoms with Crippen LogP contribution >= 0.6 is 27.3 Å². The van der Waals surface area contributed by atoms with Gasteiger partial charge < -0.3 is 9.52 Å². The van der Waals surface area contributed by atoms with Crippen molar-refractivity contribution in [3.8, 4) is 10.8 Å². The van der Waals surface area contributed by atoms with Crippen LogP contribution in [0.4, 0.5) is 0 Å². The average Bonchev–Trinajstić information content (AvgIpc) is 3.00.